The molecule has 0 aliphatic carbocycles. The van der Waals surface area contributed by atoms with Gasteiger partial charge in [0, 0.05) is 67.9 Å². The van der Waals surface area contributed by atoms with E-state index in [2.05, 4.69) is 32.5 Å². The van der Waals surface area contributed by atoms with Gasteiger partial charge in [-0.3, -0.25) is 9.78 Å². The van der Waals surface area contributed by atoms with E-state index in [1.165, 1.54) is 0 Å². The number of anilines is 1. The van der Waals surface area contributed by atoms with Gasteiger partial charge in [-0.05, 0) is 42.4 Å². The minimum atomic E-state index is -0.0900. The highest BCUT2D eigenvalue weighted by molar-refractivity contribution is 5.94. The Labute approximate surface area is 199 Å². The van der Waals surface area contributed by atoms with E-state index in [1.807, 2.05) is 42.6 Å². The number of morpholine rings is 1. The smallest absolute Gasteiger partial charge is 0.251 e. The molecule has 1 aromatic carbocycles. The van der Waals surface area contributed by atoms with E-state index in [0.29, 0.717) is 31.9 Å². The van der Waals surface area contributed by atoms with E-state index in [9.17, 15) is 4.79 Å². The molecule has 5 rings (SSSR count). The Morgan fingerprint density at radius 1 is 1.21 bits per heavy atom. The molecule has 2 aliphatic heterocycles. The van der Waals surface area contributed by atoms with Crippen LogP contribution in [0, 0.1) is 0 Å². The van der Waals surface area contributed by atoms with Crippen LogP contribution in [-0.2, 0) is 17.7 Å². The van der Waals surface area contributed by atoms with Crippen LogP contribution < -0.4 is 15.4 Å². The molecule has 1 unspecified atom stereocenters. The lowest BCUT2D eigenvalue weighted by molar-refractivity contribution is -0.0175. The lowest BCUT2D eigenvalue weighted by atomic mass is 10.0. The van der Waals surface area contributed by atoms with Crippen LogP contribution in [0.1, 0.15) is 21.5 Å². The number of amides is 1. The van der Waals surface area contributed by atoms with Crippen LogP contribution in [0.3, 0.4) is 0 Å². The van der Waals surface area contributed by atoms with E-state index in [-0.39, 0.29) is 12.0 Å². The Kier molecular flexibility index (Phi) is 6.69. The van der Waals surface area contributed by atoms with Crippen molar-refractivity contribution >= 4 is 11.7 Å². The normalized spacial score (nSPS) is 17.6. The van der Waals surface area contributed by atoms with E-state index in [1.54, 1.807) is 12.4 Å². The summed E-state index contributed by atoms with van der Waals surface area (Å²) in [6, 6.07) is 11.6. The molecule has 1 fully saturated rings. The number of carbonyl (C=O) groups is 1. The van der Waals surface area contributed by atoms with Crippen molar-refractivity contribution in [3.8, 4) is 16.9 Å². The molecule has 0 bridgehead atoms. The second kappa shape index (κ2) is 10.2. The van der Waals surface area contributed by atoms with Crippen LogP contribution in [0.25, 0.3) is 11.1 Å². The quantitative estimate of drug-likeness (QED) is 0.562. The Bertz CT molecular complexity index is 1150. The maximum atomic E-state index is 12.7. The van der Waals surface area contributed by atoms with Crippen LogP contribution in [0.2, 0.25) is 0 Å². The first-order valence-electron chi connectivity index (χ1n) is 11.6. The summed E-state index contributed by atoms with van der Waals surface area (Å²) in [5, 5.41) is 6.44. The average Bonchev–Trinajstić information content (AvgIpc) is 3.37. The number of carbonyl (C=O) groups excluding carboxylic acids is 1. The van der Waals surface area contributed by atoms with Crippen molar-refractivity contribution in [3.05, 3.63) is 71.7 Å². The molecule has 176 valence electrons. The first-order chi connectivity index (χ1) is 16.7. The van der Waals surface area contributed by atoms with Crippen molar-refractivity contribution in [1.82, 2.24) is 20.2 Å². The first-order valence-corrected chi connectivity index (χ1v) is 11.6. The highest BCUT2D eigenvalue weighted by Crippen LogP contribution is 2.39. The predicted molar refractivity (Wildman–Crippen MR) is 130 cm³/mol. The number of hydrogen-bond acceptors (Lipinski definition) is 7. The maximum Gasteiger partial charge on any atom is 0.251 e. The molecule has 8 heteroatoms. The topological polar surface area (TPSA) is 88.6 Å². The average molecular weight is 460 g/mol. The van der Waals surface area contributed by atoms with Crippen molar-refractivity contribution in [3.63, 3.8) is 0 Å². The molecule has 8 nitrogen and oxygen atoms in total. The molecule has 2 N–H and O–H groups in total. The van der Waals surface area contributed by atoms with Crippen molar-refractivity contribution in [2.45, 2.75) is 19.1 Å². The highest BCUT2D eigenvalue weighted by Gasteiger charge is 2.22. The maximum absolute atomic E-state index is 12.7. The number of aromatic nitrogens is 2. The summed E-state index contributed by atoms with van der Waals surface area (Å²) in [4.78, 5) is 23.7. The number of likely N-dealkylation sites (N-methyl/N-ethyl adjacent to an activating group) is 1. The third-order valence-electron chi connectivity index (χ3n) is 6.20. The zero-order chi connectivity index (χ0) is 23.3. The van der Waals surface area contributed by atoms with Gasteiger partial charge >= 0.3 is 0 Å². The summed E-state index contributed by atoms with van der Waals surface area (Å²) in [6.07, 6.45) is 6.22. The fraction of sp³-hybridized carbons (Fsp3) is 0.346. The van der Waals surface area contributed by atoms with E-state index in [4.69, 9.17) is 9.47 Å². The summed E-state index contributed by atoms with van der Waals surface area (Å²) in [5.74, 6) is 1.61. The Morgan fingerprint density at radius 2 is 2.09 bits per heavy atom. The molecule has 0 saturated carbocycles. The Morgan fingerprint density at radius 3 is 2.94 bits per heavy atom. The zero-order valence-electron chi connectivity index (χ0n) is 19.3. The molecular weight excluding hydrogens is 430 g/mol. The molecular formula is C26H29N5O3. The number of benzene rings is 1. The van der Waals surface area contributed by atoms with E-state index >= 15 is 0 Å². The summed E-state index contributed by atoms with van der Waals surface area (Å²) in [7, 11) is 2.07. The van der Waals surface area contributed by atoms with Gasteiger partial charge in [0.1, 0.15) is 11.6 Å². The van der Waals surface area contributed by atoms with Gasteiger partial charge in [-0.1, -0.05) is 12.1 Å². The van der Waals surface area contributed by atoms with Gasteiger partial charge in [-0.2, -0.15) is 0 Å². The van der Waals surface area contributed by atoms with Crippen molar-refractivity contribution in [2.75, 3.05) is 45.2 Å². The van der Waals surface area contributed by atoms with Crippen molar-refractivity contribution < 1.29 is 14.3 Å². The van der Waals surface area contributed by atoms with Crippen LogP contribution in [0.4, 0.5) is 5.82 Å². The van der Waals surface area contributed by atoms with E-state index < -0.39 is 0 Å². The fourth-order valence-electron chi connectivity index (χ4n) is 4.38. The molecule has 2 aliphatic rings. The lowest BCUT2D eigenvalue weighted by Gasteiger charge is -2.30. The van der Waals surface area contributed by atoms with Crippen LogP contribution >= 0.6 is 0 Å². The number of nitrogens with one attached hydrogen (secondary N) is 2. The van der Waals surface area contributed by atoms with Gasteiger partial charge in [-0.25, -0.2) is 4.98 Å². The van der Waals surface area contributed by atoms with Crippen molar-refractivity contribution in [2.24, 2.45) is 0 Å². The highest BCUT2D eigenvalue weighted by atomic mass is 16.5. The molecule has 1 saturated heterocycles. The minimum absolute atomic E-state index is 0.0260. The standard InChI is InChI=1S/C26H29N5O3/c1-31-10-12-33-21(17-31)15-30-26(32)20-4-2-3-18(13-20)14-28-25-22-7-11-34-24(22)23(16-29-25)19-5-8-27-9-6-19/h2-6,8-9,13,16,21H,7,10-12,14-15,17H2,1H3,(H,28,29)(H,30,32). The van der Waals surface area contributed by atoms with Gasteiger partial charge in [0.15, 0.2) is 0 Å². The molecule has 1 atom stereocenters. The molecule has 0 radical (unpaired) electrons. The van der Waals surface area contributed by atoms with E-state index in [0.717, 1.165) is 53.3 Å². The monoisotopic (exact) mass is 459 g/mol. The summed E-state index contributed by atoms with van der Waals surface area (Å²) in [6.45, 7) is 4.16. The van der Waals surface area contributed by atoms with Crippen LogP contribution in [0.15, 0.2) is 55.0 Å². The second-order valence-electron chi connectivity index (χ2n) is 8.68. The number of nitrogens with zero attached hydrogens (tertiary/aromatic N) is 3. The number of pyridine rings is 2. The largest absolute Gasteiger partial charge is 0.492 e. The third-order valence-corrected chi connectivity index (χ3v) is 6.20. The van der Waals surface area contributed by atoms with Gasteiger partial charge in [0.25, 0.3) is 5.91 Å². The van der Waals surface area contributed by atoms with Gasteiger partial charge in [0.2, 0.25) is 0 Å². The van der Waals surface area contributed by atoms with Crippen LogP contribution in [0.5, 0.6) is 5.75 Å². The van der Waals surface area contributed by atoms with Gasteiger partial charge in [0.05, 0.1) is 19.3 Å². The molecule has 1 amide bonds. The fourth-order valence-corrected chi connectivity index (χ4v) is 4.38. The molecule has 4 heterocycles. The summed E-state index contributed by atoms with van der Waals surface area (Å²) >= 11 is 0. The number of fused-ring (bicyclic) bond motifs is 1. The second-order valence-corrected chi connectivity index (χ2v) is 8.68. The molecule has 0 spiro atoms. The Balaban J connectivity index is 1.23. The first kappa shape index (κ1) is 22.3. The molecule has 34 heavy (non-hydrogen) atoms. The SMILES string of the molecule is CN1CCOC(CNC(=O)c2cccc(CNc3ncc(-c4ccncc4)c4c3CCO4)c2)C1. The zero-order valence-corrected chi connectivity index (χ0v) is 19.3. The molecule has 3 aromatic rings. The lowest BCUT2D eigenvalue weighted by Crippen LogP contribution is -2.45. The number of hydrogen-bond donors (Lipinski definition) is 2. The predicted octanol–water partition coefficient (Wildman–Crippen LogP) is 2.75. The van der Waals surface area contributed by atoms with Gasteiger partial charge in [-0.15, -0.1) is 0 Å². The van der Waals surface area contributed by atoms with Gasteiger partial charge < -0.3 is 25.0 Å². The summed E-state index contributed by atoms with van der Waals surface area (Å²) in [5.41, 5.74) is 4.75. The summed E-state index contributed by atoms with van der Waals surface area (Å²) < 4.78 is 11.7. The van der Waals surface area contributed by atoms with Crippen molar-refractivity contribution in [1.29, 1.82) is 0 Å². The number of ether oxygens (including phenoxy) is 2. The van der Waals surface area contributed by atoms with Crippen LogP contribution in [-0.4, -0.2) is 66.8 Å². The molecule has 2 aromatic heterocycles. The minimum Gasteiger partial charge on any atom is -0.492 e. The Hall–Kier alpha value is -3.49. The third kappa shape index (κ3) is 5.03. The number of rotatable bonds is 7.